The summed E-state index contributed by atoms with van der Waals surface area (Å²) in [6.45, 7) is 4.48. The molecule has 2 aromatic carbocycles. The summed E-state index contributed by atoms with van der Waals surface area (Å²) in [5.41, 5.74) is 1.79. The second-order valence-electron chi connectivity index (χ2n) is 5.76. The minimum Gasteiger partial charge on any atom is -0.491 e. The van der Waals surface area contributed by atoms with E-state index in [0.717, 1.165) is 11.3 Å². The van der Waals surface area contributed by atoms with Gasteiger partial charge >= 0.3 is 0 Å². The molecule has 6 heteroatoms. The van der Waals surface area contributed by atoms with Crippen LogP contribution in [0.4, 0.5) is 11.4 Å². The maximum atomic E-state index is 12.6. The van der Waals surface area contributed by atoms with Crippen LogP contribution in [0.25, 0.3) is 0 Å². The molecule has 0 spiro atoms. The van der Waals surface area contributed by atoms with Gasteiger partial charge < -0.3 is 15.4 Å². The molecule has 0 saturated heterocycles. The van der Waals surface area contributed by atoms with Gasteiger partial charge in [-0.15, -0.1) is 11.8 Å². The van der Waals surface area contributed by atoms with E-state index in [-0.39, 0.29) is 17.1 Å². The first-order chi connectivity index (χ1) is 12.1. The predicted molar refractivity (Wildman–Crippen MR) is 101 cm³/mol. The molecule has 1 aliphatic heterocycles. The number of hydrogen-bond acceptors (Lipinski definition) is 4. The highest BCUT2D eigenvalue weighted by atomic mass is 32.2. The fourth-order valence-corrected chi connectivity index (χ4v) is 3.38. The molecule has 1 heterocycles. The lowest BCUT2D eigenvalue weighted by Crippen LogP contribution is -2.26. The average molecular weight is 356 g/mol. The van der Waals surface area contributed by atoms with E-state index in [1.165, 1.54) is 11.8 Å². The Morgan fingerprint density at radius 1 is 1.28 bits per heavy atom. The maximum Gasteiger partial charge on any atom is 0.255 e. The molecule has 0 radical (unpaired) electrons. The van der Waals surface area contributed by atoms with Crippen molar-refractivity contribution in [2.45, 2.75) is 30.4 Å². The lowest BCUT2D eigenvalue weighted by molar-refractivity contribution is -0.115. The van der Waals surface area contributed by atoms with Crippen molar-refractivity contribution < 1.29 is 14.3 Å². The predicted octanol–water partition coefficient (Wildman–Crippen LogP) is 4.16. The Labute approximate surface area is 151 Å². The monoisotopic (exact) mass is 356 g/mol. The Balaban J connectivity index is 1.79. The number of fused-ring (bicyclic) bond motifs is 1. The largest absolute Gasteiger partial charge is 0.491 e. The van der Waals surface area contributed by atoms with Crippen LogP contribution in [0.5, 0.6) is 5.75 Å². The summed E-state index contributed by atoms with van der Waals surface area (Å²) in [7, 11) is 0. The first-order valence-corrected chi connectivity index (χ1v) is 9.11. The molecule has 5 nitrogen and oxygen atoms in total. The van der Waals surface area contributed by atoms with Gasteiger partial charge in [0.25, 0.3) is 5.91 Å². The molecule has 25 heavy (non-hydrogen) atoms. The Morgan fingerprint density at radius 2 is 2.08 bits per heavy atom. The molecule has 2 aromatic rings. The number of hydrogen-bond donors (Lipinski definition) is 2. The zero-order valence-electron chi connectivity index (χ0n) is 14.2. The zero-order valence-corrected chi connectivity index (χ0v) is 15.0. The van der Waals surface area contributed by atoms with Crippen LogP contribution >= 0.6 is 11.8 Å². The first-order valence-electron chi connectivity index (χ1n) is 8.23. The number of anilines is 2. The van der Waals surface area contributed by atoms with Crippen LogP contribution in [0.3, 0.4) is 0 Å². The first kappa shape index (κ1) is 17.4. The fourth-order valence-electron chi connectivity index (χ4n) is 2.45. The van der Waals surface area contributed by atoms with E-state index in [0.29, 0.717) is 29.3 Å². The summed E-state index contributed by atoms with van der Waals surface area (Å²) in [6.07, 6.45) is 0.892. The number of amides is 2. The van der Waals surface area contributed by atoms with Gasteiger partial charge in [-0.25, -0.2) is 0 Å². The van der Waals surface area contributed by atoms with Crippen molar-refractivity contribution in [3.63, 3.8) is 0 Å². The molecule has 0 bridgehead atoms. The molecular weight excluding hydrogens is 336 g/mol. The van der Waals surface area contributed by atoms with E-state index in [1.54, 1.807) is 18.2 Å². The van der Waals surface area contributed by atoms with Crippen molar-refractivity contribution in [2.24, 2.45) is 0 Å². The minimum absolute atomic E-state index is 0.0478. The summed E-state index contributed by atoms with van der Waals surface area (Å²) >= 11 is 1.49. The molecule has 0 unspecified atom stereocenters. The highest BCUT2D eigenvalue weighted by Gasteiger charge is 2.23. The Morgan fingerprint density at radius 3 is 2.88 bits per heavy atom. The molecule has 1 atom stereocenters. The number of nitrogens with one attached hydrogen (secondary N) is 2. The number of rotatable bonds is 5. The zero-order chi connectivity index (χ0) is 17.8. The Bertz CT molecular complexity index is 807. The van der Waals surface area contributed by atoms with E-state index in [4.69, 9.17) is 4.74 Å². The Kier molecular flexibility index (Phi) is 5.28. The maximum absolute atomic E-state index is 12.6. The molecule has 0 fully saturated rings. The quantitative estimate of drug-likeness (QED) is 0.844. The van der Waals surface area contributed by atoms with E-state index >= 15 is 0 Å². The van der Waals surface area contributed by atoms with Crippen LogP contribution in [-0.4, -0.2) is 23.7 Å². The van der Waals surface area contributed by atoms with E-state index < -0.39 is 0 Å². The molecule has 0 aliphatic carbocycles. The van der Waals surface area contributed by atoms with Crippen molar-refractivity contribution >= 4 is 35.0 Å². The van der Waals surface area contributed by atoms with Crippen LogP contribution in [0.15, 0.2) is 47.4 Å². The molecule has 0 aromatic heterocycles. The molecule has 130 valence electrons. The van der Waals surface area contributed by atoms with E-state index in [2.05, 4.69) is 10.6 Å². The summed E-state index contributed by atoms with van der Waals surface area (Å²) in [5.74, 6) is 0.356. The fraction of sp³-hybridized carbons (Fsp3) is 0.263. The average Bonchev–Trinajstić information content (AvgIpc) is 2.61. The number of benzene rings is 2. The molecule has 2 amide bonds. The van der Waals surface area contributed by atoms with Crippen molar-refractivity contribution in [3.8, 4) is 5.75 Å². The van der Waals surface area contributed by atoms with Gasteiger partial charge in [0, 0.05) is 10.5 Å². The second-order valence-corrected chi connectivity index (χ2v) is 7.14. The number of ether oxygens (including phenoxy) is 1. The highest BCUT2D eigenvalue weighted by molar-refractivity contribution is 8.00. The Hall–Kier alpha value is -2.47. The lowest BCUT2D eigenvalue weighted by Gasteiger charge is -2.21. The van der Waals surface area contributed by atoms with Gasteiger partial charge in [-0.2, -0.15) is 0 Å². The summed E-state index contributed by atoms with van der Waals surface area (Å²) in [4.78, 5) is 25.4. The number of carbonyl (C=O) groups is 2. The van der Waals surface area contributed by atoms with Gasteiger partial charge in [0.1, 0.15) is 5.75 Å². The SMILES string of the molecule is CCCOc1ccccc1NC(=O)c1ccc2c(c1)NC(=O)[C@H](C)S2. The minimum atomic E-state index is -0.242. The van der Waals surface area contributed by atoms with Gasteiger partial charge in [0.05, 0.1) is 23.2 Å². The third kappa shape index (κ3) is 3.96. The van der Waals surface area contributed by atoms with Crippen LogP contribution in [0, 0.1) is 0 Å². The van der Waals surface area contributed by atoms with Crippen molar-refractivity contribution in [2.75, 3.05) is 17.2 Å². The standard InChI is InChI=1S/C19H20N2O3S/c1-3-10-24-16-7-5-4-6-14(16)20-19(23)13-8-9-17-15(11-13)21-18(22)12(2)25-17/h4-9,11-12H,3,10H2,1-2H3,(H,20,23)(H,21,22)/t12-/m0/s1. The van der Waals surface area contributed by atoms with Crippen molar-refractivity contribution in [3.05, 3.63) is 48.0 Å². The number of thioether (sulfide) groups is 1. The molecule has 0 saturated carbocycles. The lowest BCUT2D eigenvalue weighted by atomic mass is 10.1. The highest BCUT2D eigenvalue weighted by Crippen LogP contribution is 2.36. The van der Waals surface area contributed by atoms with Crippen molar-refractivity contribution in [1.82, 2.24) is 0 Å². The normalized spacial score (nSPS) is 15.9. The van der Waals surface area contributed by atoms with Gasteiger partial charge in [-0.1, -0.05) is 19.1 Å². The van der Waals surface area contributed by atoms with Gasteiger partial charge in [0.15, 0.2) is 0 Å². The summed E-state index contributed by atoms with van der Waals surface area (Å²) in [6, 6.07) is 12.7. The van der Waals surface area contributed by atoms with Crippen LogP contribution < -0.4 is 15.4 Å². The number of carbonyl (C=O) groups excluding carboxylic acids is 2. The van der Waals surface area contributed by atoms with Gasteiger partial charge in [-0.05, 0) is 43.7 Å². The third-order valence-electron chi connectivity index (χ3n) is 3.77. The number of para-hydroxylation sites is 2. The molecular formula is C19H20N2O3S. The second kappa shape index (κ2) is 7.61. The van der Waals surface area contributed by atoms with Crippen LogP contribution in [0.2, 0.25) is 0 Å². The smallest absolute Gasteiger partial charge is 0.255 e. The summed E-state index contributed by atoms with van der Waals surface area (Å²) in [5, 5.41) is 5.59. The third-order valence-corrected chi connectivity index (χ3v) is 4.95. The van der Waals surface area contributed by atoms with E-state index in [9.17, 15) is 9.59 Å². The van der Waals surface area contributed by atoms with Gasteiger partial charge in [-0.3, -0.25) is 9.59 Å². The van der Waals surface area contributed by atoms with Crippen LogP contribution in [0.1, 0.15) is 30.6 Å². The van der Waals surface area contributed by atoms with Gasteiger partial charge in [0.2, 0.25) is 5.91 Å². The molecule has 2 N–H and O–H groups in total. The molecule has 3 rings (SSSR count). The summed E-state index contributed by atoms with van der Waals surface area (Å²) < 4.78 is 5.66. The van der Waals surface area contributed by atoms with E-state index in [1.807, 2.05) is 38.1 Å². The van der Waals surface area contributed by atoms with Crippen molar-refractivity contribution in [1.29, 1.82) is 0 Å². The van der Waals surface area contributed by atoms with Crippen LogP contribution in [-0.2, 0) is 4.79 Å². The molecule has 1 aliphatic rings. The topological polar surface area (TPSA) is 67.4 Å².